The molecule has 2 amide bonds. The minimum absolute atomic E-state index is 0.162. The molecular formula is C27H35BrN6O4. The highest BCUT2D eigenvalue weighted by molar-refractivity contribution is 9.10. The molecule has 0 radical (unpaired) electrons. The number of rotatable bonds is 6. The Labute approximate surface area is 231 Å². The first-order valence-electron chi connectivity index (χ1n) is 12.9. The van der Waals surface area contributed by atoms with E-state index in [1.54, 1.807) is 35.2 Å². The van der Waals surface area contributed by atoms with E-state index in [-0.39, 0.29) is 34.8 Å². The first-order chi connectivity index (χ1) is 17.9. The van der Waals surface area contributed by atoms with Crippen molar-refractivity contribution in [2.75, 3.05) is 43.9 Å². The molecule has 204 valence electrons. The van der Waals surface area contributed by atoms with Crippen LogP contribution in [0, 0.1) is 27.4 Å². The molecule has 2 aliphatic heterocycles. The molecule has 10 nitrogen and oxygen atoms in total. The van der Waals surface area contributed by atoms with Crippen LogP contribution >= 0.6 is 15.9 Å². The average Bonchev–Trinajstić information content (AvgIpc) is 3.16. The summed E-state index contributed by atoms with van der Waals surface area (Å²) in [6.07, 6.45) is 4.22. The first kappa shape index (κ1) is 27.8. The molecule has 2 N–H and O–H groups in total. The van der Waals surface area contributed by atoms with Crippen molar-refractivity contribution < 1.29 is 14.5 Å². The number of carbonyl (C=O) groups is 2. The number of aromatic nitrogens is 1. The number of amides is 2. The number of carbonyl (C=O) groups excluding carboxylic acids is 2. The summed E-state index contributed by atoms with van der Waals surface area (Å²) in [4.78, 5) is 46.4. The van der Waals surface area contributed by atoms with E-state index in [4.69, 9.17) is 0 Å². The van der Waals surface area contributed by atoms with Crippen molar-refractivity contribution in [2.45, 2.75) is 40.2 Å². The van der Waals surface area contributed by atoms with E-state index in [1.165, 1.54) is 12.3 Å². The zero-order valence-electron chi connectivity index (χ0n) is 22.5. The zero-order chi connectivity index (χ0) is 27.8. The van der Waals surface area contributed by atoms with E-state index in [1.807, 2.05) is 13.8 Å². The van der Waals surface area contributed by atoms with Crippen LogP contribution in [0.25, 0.3) is 0 Å². The Balaban J connectivity index is 1.66. The maximum absolute atomic E-state index is 13.8. The van der Waals surface area contributed by atoms with E-state index in [2.05, 4.69) is 45.4 Å². The molecule has 11 heteroatoms. The maximum Gasteiger partial charge on any atom is 0.294 e. The summed E-state index contributed by atoms with van der Waals surface area (Å²) >= 11 is 3.37. The number of pyridine rings is 1. The van der Waals surface area contributed by atoms with Crippen LogP contribution in [0.2, 0.25) is 0 Å². The van der Waals surface area contributed by atoms with Gasteiger partial charge >= 0.3 is 0 Å². The topological polar surface area (TPSA) is 121 Å². The van der Waals surface area contributed by atoms with Gasteiger partial charge in [0.15, 0.2) is 0 Å². The number of hydrogen-bond donors (Lipinski definition) is 2. The fraction of sp³-hybridized carbons (Fsp3) is 0.519. The third-order valence-electron chi connectivity index (χ3n) is 7.49. The van der Waals surface area contributed by atoms with Crippen LogP contribution in [-0.2, 0) is 0 Å². The van der Waals surface area contributed by atoms with Crippen molar-refractivity contribution >= 4 is 44.8 Å². The number of anilines is 2. The number of hydrogen-bond acceptors (Lipinski definition) is 7. The van der Waals surface area contributed by atoms with E-state index in [9.17, 15) is 19.7 Å². The molecule has 2 fully saturated rings. The van der Waals surface area contributed by atoms with Gasteiger partial charge in [0.2, 0.25) is 0 Å². The highest BCUT2D eigenvalue weighted by atomic mass is 79.9. The molecule has 0 bridgehead atoms. The number of nitro groups is 1. The molecule has 1 aromatic carbocycles. The van der Waals surface area contributed by atoms with Gasteiger partial charge in [-0.2, -0.15) is 0 Å². The minimum atomic E-state index is -0.467. The molecule has 1 aromatic heterocycles. The summed E-state index contributed by atoms with van der Waals surface area (Å²) in [5.74, 6) is 0.315. The number of nitrogens with one attached hydrogen (secondary N) is 2. The van der Waals surface area contributed by atoms with Crippen LogP contribution in [0.3, 0.4) is 0 Å². The van der Waals surface area contributed by atoms with E-state index >= 15 is 0 Å². The summed E-state index contributed by atoms with van der Waals surface area (Å²) in [6, 6.07) is 4.50. The van der Waals surface area contributed by atoms with Gasteiger partial charge in [-0.1, -0.05) is 43.6 Å². The summed E-state index contributed by atoms with van der Waals surface area (Å²) in [7, 11) is 1.76. The zero-order valence-corrected chi connectivity index (χ0v) is 24.0. The highest BCUT2D eigenvalue weighted by Crippen LogP contribution is 2.39. The molecule has 3 atom stereocenters. The second-order valence-electron chi connectivity index (χ2n) is 11.3. The summed E-state index contributed by atoms with van der Waals surface area (Å²) in [5, 5.41) is 18.5. The molecule has 0 spiro atoms. The molecule has 38 heavy (non-hydrogen) atoms. The van der Waals surface area contributed by atoms with Gasteiger partial charge in [-0.05, 0) is 30.4 Å². The third-order valence-corrected chi connectivity index (χ3v) is 7.95. The van der Waals surface area contributed by atoms with Crippen LogP contribution in [0.1, 0.15) is 54.8 Å². The number of piperidine rings is 1. The standard InChI is InChI=1S/C27H35BrN6O4/c1-16-6-17(2)13-32(12-16)26(36)21-8-19(28)9-22(34(37)38)24(21)31-23-14-33(15-27(23,3)4)25(35)18-7-20(29-5)11-30-10-18/h7-11,16-17,23,29,31H,6,12-15H2,1-5H3/t16-,17+,23?. The van der Waals surface area contributed by atoms with Gasteiger partial charge in [-0.25, -0.2) is 0 Å². The number of likely N-dealkylation sites (tertiary alicyclic amines) is 2. The van der Waals surface area contributed by atoms with Gasteiger partial charge in [0.1, 0.15) is 5.69 Å². The summed E-state index contributed by atoms with van der Waals surface area (Å²) in [6.45, 7) is 10.3. The smallest absolute Gasteiger partial charge is 0.294 e. The van der Waals surface area contributed by atoms with Gasteiger partial charge in [0, 0.05) is 61.6 Å². The van der Waals surface area contributed by atoms with Crippen molar-refractivity contribution in [1.82, 2.24) is 14.8 Å². The molecule has 2 saturated heterocycles. The average molecular weight is 588 g/mol. The van der Waals surface area contributed by atoms with Crippen LogP contribution in [0.5, 0.6) is 0 Å². The Morgan fingerprint density at radius 2 is 1.76 bits per heavy atom. The first-order valence-corrected chi connectivity index (χ1v) is 13.6. The molecule has 2 aliphatic rings. The molecule has 1 unspecified atom stereocenters. The number of nitrogens with zero attached hydrogens (tertiary/aromatic N) is 4. The number of benzene rings is 1. The highest BCUT2D eigenvalue weighted by Gasteiger charge is 2.43. The summed E-state index contributed by atoms with van der Waals surface area (Å²) < 4.78 is 0.468. The van der Waals surface area contributed by atoms with Gasteiger partial charge in [0.05, 0.1) is 27.8 Å². The maximum atomic E-state index is 13.8. The SMILES string of the molecule is CNc1cncc(C(=O)N2CC(Nc3c(C(=O)N4C[C@H](C)C[C@H](C)C4)cc(Br)cc3[N+](=O)[O-])C(C)(C)C2)c1. The monoisotopic (exact) mass is 586 g/mol. The van der Waals surface area contributed by atoms with Crippen LogP contribution in [-0.4, -0.2) is 70.8 Å². The predicted molar refractivity (Wildman–Crippen MR) is 151 cm³/mol. The normalized spacial score (nSPS) is 22.7. The van der Waals surface area contributed by atoms with Gasteiger partial charge in [-0.15, -0.1) is 0 Å². The molecule has 4 rings (SSSR count). The second kappa shape index (κ2) is 10.9. The lowest BCUT2D eigenvalue weighted by atomic mass is 9.87. The van der Waals surface area contributed by atoms with Crippen molar-refractivity contribution in [3.05, 3.63) is 56.3 Å². The molecule has 0 aliphatic carbocycles. The van der Waals surface area contributed by atoms with Crippen molar-refractivity contribution in [3.8, 4) is 0 Å². The number of halogens is 1. The van der Waals surface area contributed by atoms with Gasteiger partial charge in [0.25, 0.3) is 17.5 Å². The van der Waals surface area contributed by atoms with E-state index in [0.29, 0.717) is 48.1 Å². The van der Waals surface area contributed by atoms with E-state index < -0.39 is 10.3 Å². The molecular weight excluding hydrogens is 552 g/mol. The van der Waals surface area contributed by atoms with Gasteiger partial charge < -0.3 is 20.4 Å². The Bertz CT molecular complexity index is 1240. The van der Waals surface area contributed by atoms with Crippen molar-refractivity contribution in [1.29, 1.82) is 0 Å². The summed E-state index contributed by atoms with van der Waals surface area (Å²) in [5.41, 5.74) is 1.07. The Hall–Kier alpha value is -3.21. The number of nitro benzene ring substituents is 1. The third kappa shape index (κ3) is 5.77. The lowest BCUT2D eigenvalue weighted by Crippen LogP contribution is -2.43. The predicted octanol–water partition coefficient (Wildman–Crippen LogP) is 4.87. The largest absolute Gasteiger partial charge is 0.387 e. The van der Waals surface area contributed by atoms with Crippen molar-refractivity contribution in [3.63, 3.8) is 0 Å². The Morgan fingerprint density at radius 3 is 2.39 bits per heavy atom. The fourth-order valence-corrected chi connectivity index (χ4v) is 6.08. The fourth-order valence-electron chi connectivity index (χ4n) is 5.64. The minimum Gasteiger partial charge on any atom is -0.387 e. The van der Waals surface area contributed by atoms with Gasteiger partial charge in [-0.3, -0.25) is 24.7 Å². The lowest BCUT2D eigenvalue weighted by Gasteiger charge is -2.35. The lowest BCUT2D eigenvalue weighted by molar-refractivity contribution is -0.384. The van der Waals surface area contributed by atoms with Crippen LogP contribution in [0.4, 0.5) is 17.1 Å². The quantitative estimate of drug-likeness (QED) is 0.365. The molecule has 0 saturated carbocycles. The Kier molecular flexibility index (Phi) is 7.96. The Morgan fingerprint density at radius 1 is 1.08 bits per heavy atom. The van der Waals surface area contributed by atoms with Crippen LogP contribution in [0.15, 0.2) is 35.1 Å². The molecule has 3 heterocycles. The van der Waals surface area contributed by atoms with Crippen molar-refractivity contribution in [2.24, 2.45) is 17.3 Å². The second-order valence-corrected chi connectivity index (χ2v) is 12.3. The van der Waals surface area contributed by atoms with E-state index in [0.717, 1.165) is 12.1 Å². The van der Waals surface area contributed by atoms with Crippen LogP contribution < -0.4 is 10.6 Å². The molecule has 2 aromatic rings.